The molecule has 2 rings (SSSR count). The molecule has 0 fully saturated rings. The van der Waals surface area contributed by atoms with E-state index < -0.39 is 0 Å². The summed E-state index contributed by atoms with van der Waals surface area (Å²) in [5.74, 6) is 0.831. The van der Waals surface area contributed by atoms with Crippen LogP contribution in [0.4, 0.5) is 5.00 Å². The van der Waals surface area contributed by atoms with Gasteiger partial charge in [0.2, 0.25) is 0 Å². The van der Waals surface area contributed by atoms with Crippen molar-refractivity contribution in [3.8, 4) is 10.9 Å². The van der Waals surface area contributed by atoms with Crippen LogP contribution in [-0.4, -0.2) is 4.98 Å². The van der Waals surface area contributed by atoms with E-state index in [1.807, 2.05) is 13.0 Å². The number of hydrogen-bond acceptors (Lipinski definition) is 4. The quantitative estimate of drug-likeness (QED) is 0.885. The summed E-state index contributed by atoms with van der Waals surface area (Å²) < 4.78 is 5.73. The second kappa shape index (κ2) is 4.61. The molecule has 0 aliphatic heterocycles. The van der Waals surface area contributed by atoms with Gasteiger partial charge in [0.05, 0.1) is 6.20 Å². The molecule has 0 bridgehead atoms. The Labute approximate surface area is 112 Å². The molecule has 0 aliphatic rings. The lowest BCUT2D eigenvalue weighted by molar-refractivity contribution is 0.474. The fraction of sp³-hybridized carbons (Fsp3) is 0.357. The first-order valence-corrected chi connectivity index (χ1v) is 6.68. The lowest BCUT2D eigenvalue weighted by atomic mass is 9.86. The molecular formula is C14H18N2OS. The number of anilines is 1. The number of ether oxygens (including phenoxy) is 1. The molecule has 0 amide bonds. The maximum atomic E-state index is 5.73. The van der Waals surface area contributed by atoms with Crippen LogP contribution in [0.2, 0.25) is 0 Å². The average Bonchev–Trinajstić information content (AvgIpc) is 2.65. The van der Waals surface area contributed by atoms with Crippen LogP contribution in [0.15, 0.2) is 24.4 Å². The summed E-state index contributed by atoms with van der Waals surface area (Å²) in [4.78, 5) is 4.09. The van der Waals surface area contributed by atoms with Crippen molar-refractivity contribution in [3.05, 3.63) is 35.5 Å². The van der Waals surface area contributed by atoms with E-state index in [-0.39, 0.29) is 5.41 Å². The largest absolute Gasteiger partial charge is 0.431 e. The summed E-state index contributed by atoms with van der Waals surface area (Å²) in [5, 5.41) is 1.24. The van der Waals surface area contributed by atoms with Crippen LogP contribution in [0.3, 0.4) is 0 Å². The van der Waals surface area contributed by atoms with Crippen LogP contribution < -0.4 is 10.5 Å². The zero-order valence-corrected chi connectivity index (χ0v) is 12.0. The van der Waals surface area contributed by atoms with Gasteiger partial charge in [0.15, 0.2) is 0 Å². The lowest BCUT2D eigenvalue weighted by Crippen LogP contribution is -2.11. The Bertz CT molecular complexity index is 555. The second-order valence-electron chi connectivity index (χ2n) is 5.36. The predicted octanol–water partition coefficient (Wildman–Crippen LogP) is 4.12. The molecule has 96 valence electrons. The predicted molar refractivity (Wildman–Crippen MR) is 76.5 cm³/mol. The number of nitrogens with two attached hydrogens (primary N) is 1. The van der Waals surface area contributed by atoms with Crippen molar-refractivity contribution in [1.29, 1.82) is 0 Å². The van der Waals surface area contributed by atoms with E-state index in [1.165, 1.54) is 16.9 Å². The molecule has 4 heteroatoms. The van der Waals surface area contributed by atoms with Gasteiger partial charge in [-0.15, -0.1) is 0 Å². The lowest BCUT2D eigenvalue weighted by Gasteiger charge is -2.20. The zero-order valence-electron chi connectivity index (χ0n) is 11.2. The standard InChI is InChI=1S/C14H18N2OS/c1-9-7-10(14(2,3)4)5-6-11(9)17-13-16-8-12(15)18-13/h5-8H,15H2,1-4H3. The van der Waals surface area contributed by atoms with Crippen LogP contribution in [-0.2, 0) is 5.41 Å². The van der Waals surface area contributed by atoms with Crippen molar-refractivity contribution < 1.29 is 4.74 Å². The SMILES string of the molecule is Cc1cc(C(C)(C)C)ccc1Oc1ncc(N)s1. The van der Waals surface area contributed by atoms with Gasteiger partial charge in [0.1, 0.15) is 10.8 Å². The van der Waals surface area contributed by atoms with Crippen LogP contribution in [0.1, 0.15) is 31.9 Å². The first-order chi connectivity index (χ1) is 8.36. The molecule has 0 spiro atoms. The van der Waals surface area contributed by atoms with Crippen molar-refractivity contribution in [1.82, 2.24) is 4.98 Å². The summed E-state index contributed by atoms with van der Waals surface area (Å²) >= 11 is 1.35. The van der Waals surface area contributed by atoms with Gasteiger partial charge in [-0.1, -0.05) is 44.2 Å². The van der Waals surface area contributed by atoms with Gasteiger partial charge in [-0.3, -0.25) is 0 Å². The minimum absolute atomic E-state index is 0.148. The van der Waals surface area contributed by atoms with Crippen molar-refractivity contribution in [2.24, 2.45) is 0 Å². The Kier molecular flexibility index (Phi) is 3.30. The van der Waals surface area contributed by atoms with Crippen LogP contribution in [0, 0.1) is 6.92 Å². The zero-order chi connectivity index (χ0) is 13.3. The number of benzene rings is 1. The molecule has 0 atom stereocenters. The van der Waals surface area contributed by atoms with E-state index in [4.69, 9.17) is 10.5 Å². The Morgan fingerprint density at radius 3 is 2.50 bits per heavy atom. The first-order valence-electron chi connectivity index (χ1n) is 5.86. The van der Waals surface area contributed by atoms with Crippen LogP contribution >= 0.6 is 11.3 Å². The van der Waals surface area contributed by atoms with Gasteiger partial charge in [-0.2, -0.15) is 0 Å². The molecule has 18 heavy (non-hydrogen) atoms. The molecule has 0 saturated heterocycles. The van der Waals surface area contributed by atoms with E-state index in [1.54, 1.807) is 6.20 Å². The van der Waals surface area contributed by atoms with E-state index in [0.717, 1.165) is 11.3 Å². The average molecular weight is 262 g/mol. The van der Waals surface area contributed by atoms with Crippen molar-refractivity contribution in [2.45, 2.75) is 33.1 Å². The van der Waals surface area contributed by atoms with Crippen LogP contribution in [0.25, 0.3) is 0 Å². The van der Waals surface area contributed by atoms with Gasteiger partial charge in [0, 0.05) is 0 Å². The maximum absolute atomic E-state index is 5.73. The molecule has 0 saturated carbocycles. The van der Waals surface area contributed by atoms with Gasteiger partial charge < -0.3 is 10.5 Å². The third kappa shape index (κ3) is 2.82. The summed E-state index contributed by atoms with van der Waals surface area (Å²) in [6.07, 6.45) is 1.61. The Balaban J connectivity index is 2.25. The van der Waals surface area contributed by atoms with E-state index in [9.17, 15) is 0 Å². The summed E-state index contributed by atoms with van der Waals surface area (Å²) in [5.41, 5.74) is 8.18. The fourth-order valence-electron chi connectivity index (χ4n) is 1.64. The van der Waals surface area contributed by atoms with Crippen molar-refractivity contribution in [3.63, 3.8) is 0 Å². The highest BCUT2D eigenvalue weighted by Crippen LogP contribution is 2.32. The molecule has 0 radical (unpaired) electrons. The first kappa shape index (κ1) is 12.9. The third-order valence-electron chi connectivity index (χ3n) is 2.74. The number of aryl methyl sites for hydroxylation is 1. The number of nitrogens with zero attached hydrogens (tertiary/aromatic N) is 1. The summed E-state index contributed by atoms with van der Waals surface area (Å²) in [6, 6.07) is 6.25. The van der Waals surface area contributed by atoms with Gasteiger partial charge >= 0.3 is 0 Å². The number of aromatic nitrogens is 1. The molecule has 1 aromatic heterocycles. The molecule has 2 aromatic rings. The third-order valence-corrected chi connectivity index (χ3v) is 3.45. The van der Waals surface area contributed by atoms with Gasteiger partial charge in [0.25, 0.3) is 5.19 Å². The summed E-state index contributed by atoms with van der Waals surface area (Å²) in [7, 11) is 0. The Morgan fingerprint density at radius 2 is 2.00 bits per heavy atom. The van der Waals surface area contributed by atoms with Crippen molar-refractivity contribution in [2.75, 3.05) is 5.73 Å². The number of hydrogen-bond donors (Lipinski definition) is 1. The van der Waals surface area contributed by atoms with Crippen molar-refractivity contribution >= 4 is 16.3 Å². The minimum atomic E-state index is 0.148. The van der Waals surface area contributed by atoms with Gasteiger partial charge in [-0.05, 0) is 29.5 Å². The Hall–Kier alpha value is -1.55. The molecular weight excluding hydrogens is 244 g/mol. The molecule has 1 heterocycles. The van der Waals surface area contributed by atoms with E-state index in [0.29, 0.717) is 10.2 Å². The molecule has 0 unspecified atom stereocenters. The normalized spacial score (nSPS) is 11.6. The molecule has 3 nitrogen and oxygen atoms in total. The topological polar surface area (TPSA) is 48.1 Å². The van der Waals surface area contributed by atoms with E-state index >= 15 is 0 Å². The smallest absolute Gasteiger partial charge is 0.280 e. The van der Waals surface area contributed by atoms with Crippen LogP contribution in [0.5, 0.6) is 10.9 Å². The second-order valence-corrected chi connectivity index (χ2v) is 6.39. The van der Waals surface area contributed by atoms with E-state index in [2.05, 4.69) is 37.9 Å². The maximum Gasteiger partial charge on any atom is 0.280 e. The molecule has 2 N–H and O–H groups in total. The minimum Gasteiger partial charge on any atom is -0.431 e. The molecule has 0 aliphatic carbocycles. The number of rotatable bonds is 2. The highest BCUT2D eigenvalue weighted by molar-refractivity contribution is 7.17. The number of nitrogen functional groups attached to an aromatic ring is 1. The highest BCUT2D eigenvalue weighted by Gasteiger charge is 2.15. The molecule has 1 aromatic carbocycles. The Morgan fingerprint density at radius 1 is 1.28 bits per heavy atom. The summed E-state index contributed by atoms with van der Waals surface area (Å²) in [6.45, 7) is 8.64. The monoisotopic (exact) mass is 262 g/mol. The van der Waals surface area contributed by atoms with Gasteiger partial charge in [-0.25, -0.2) is 4.98 Å². The number of thiazole rings is 1. The highest BCUT2D eigenvalue weighted by atomic mass is 32.1. The fourth-order valence-corrected chi connectivity index (χ4v) is 2.19.